The molecular weight excluding hydrogens is 360 g/mol. The second kappa shape index (κ2) is 7.51. The summed E-state index contributed by atoms with van der Waals surface area (Å²) in [6, 6.07) is 15.0. The van der Waals surface area contributed by atoms with Crippen LogP contribution in [0.2, 0.25) is 0 Å². The van der Waals surface area contributed by atoms with Crippen molar-refractivity contribution in [2.45, 2.75) is 6.54 Å². The minimum atomic E-state index is -0.265. The molecule has 2 N–H and O–H groups in total. The number of nitrogens with one attached hydrogen (secondary N) is 2. The first-order valence-electron chi connectivity index (χ1n) is 8.42. The average molecular weight is 378 g/mol. The van der Waals surface area contributed by atoms with Gasteiger partial charge in [-0.2, -0.15) is 0 Å². The Morgan fingerprint density at radius 2 is 2.00 bits per heavy atom. The maximum atomic E-state index is 12.3. The normalized spacial score (nSPS) is 10.7. The van der Waals surface area contributed by atoms with Crippen LogP contribution in [0.25, 0.3) is 16.2 Å². The molecule has 0 bridgehead atoms. The molecule has 2 aromatic heterocycles. The Balaban J connectivity index is 1.45. The molecule has 2 amide bonds. The number of aromatic nitrogens is 2. The van der Waals surface area contributed by atoms with Gasteiger partial charge >= 0.3 is 6.03 Å². The number of anilines is 1. The molecule has 0 saturated carbocycles. The SMILES string of the molecule is COc1ccc(CNC(=O)Nc2ccccc2-c2cn3ccsc3n2)cc1. The van der Waals surface area contributed by atoms with E-state index in [1.807, 2.05) is 70.7 Å². The first-order valence-corrected chi connectivity index (χ1v) is 9.30. The van der Waals surface area contributed by atoms with E-state index in [1.54, 1.807) is 18.4 Å². The van der Waals surface area contributed by atoms with Gasteiger partial charge in [0.25, 0.3) is 0 Å². The average Bonchev–Trinajstić information content (AvgIpc) is 3.29. The third kappa shape index (κ3) is 3.78. The molecule has 0 fully saturated rings. The summed E-state index contributed by atoms with van der Waals surface area (Å²) in [5, 5.41) is 7.78. The molecule has 0 atom stereocenters. The number of amides is 2. The Kier molecular flexibility index (Phi) is 4.76. The summed E-state index contributed by atoms with van der Waals surface area (Å²) in [5.74, 6) is 0.789. The van der Waals surface area contributed by atoms with E-state index in [1.165, 1.54) is 0 Å². The number of carbonyl (C=O) groups excluding carboxylic acids is 1. The number of fused-ring (bicyclic) bond motifs is 1. The van der Waals surface area contributed by atoms with Crippen molar-refractivity contribution in [1.29, 1.82) is 0 Å². The lowest BCUT2D eigenvalue weighted by Gasteiger charge is -2.11. The van der Waals surface area contributed by atoms with E-state index >= 15 is 0 Å². The fourth-order valence-electron chi connectivity index (χ4n) is 2.76. The molecule has 0 aliphatic rings. The van der Waals surface area contributed by atoms with Crippen molar-refractivity contribution in [3.05, 3.63) is 71.9 Å². The Hall–Kier alpha value is -3.32. The lowest BCUT2D eigenvalue weighted by molar-refractivity contribution is 0.252. The van der Waals surface area contributed by atoms with Gasteiger partial charge in [-0.25, -0.2) is 9.78 Å². The zero-order valence-corrected chi connectivity index (χ0v) is 15.5. The van der Waals surface area contributed by atoms with E-state index < -0.39 is 0 Å². The molecule has 6 nitrogen and oxygen atoms in total. The second-order valence-electron chi connectivity index (χ2n) is 5.92. The Morgan fingerprint density at radius 1 is 1.19 bits per heavy atom. The number of ether oxygens (including phenoxy) is 1. The number of methoxy groups -OCH3 is 1. The smallest absolute Gasteiger partial charge is 0.319 e. The maximum Gasteiger partial charge on any atom is 0.319 e. The predicted octanol–water partition coefficient (Wildman–Crippen LogP) is 4.39. The third-order valence-electron chi connectivity index (χ3n) is 4.16. The van der Waals surface area contributed by atoms with Gasteiger partial charge in [0.05, 0.1) is 18.5 Å². The molecule has 0 spiro atoms. The number of hydrogen-bond acceptors (Lipinski definition) is 4. The van der Waals surface area contributed by atoms with Crippen molar-refractivity contribution in [1.82, 2.24) is 14.7 Å². The minimum Gasteiger partial charge on any atom is -0.497 e. The van der Waals surface area contributed by atoms with Crippen LogP contribution in [0.3, 0.4) is 0 Å². The van der Waals surface area contributed by atoms with Crippen LogP contribution in [0.15, 0.2) is 66.3 Å². The first kappa shape index (κ1) is 17.1. The van der Waals surface area contributed by atoms with Gasteiger partial charge in [-0.05, 0) is 23.8 Å². The lowest BCUT2D eigenvalue weighted by atomic mass is 10.1. The number of imidazole rings is 1. The van der Waals surface area contributed by atoms with Crippen molar-refractivity contribution >= 4 is 28.0 Å². The highest BCUT2D eigenvalue weighted by atomic mass is 32.1. The van der Waals surface area contributed by atoms with Crippen LogP contribution in [0.5, 0.6) is 5.75 Å². The van der Waals surface area contributed by atoms with Gasteiger partial charge in [0.15, 0.2) is 4.96 Å². The molecule has 0 aliphatic heterocycles. The summed E-state index contributed by atoms with van der Waals surface area (Å²) < 4.78 is 7.11. The monoisotopic (exact) mass is 378 g/mol. The molecular formula is C20H18N4O2S. The number of thiazole rings is 1. The predicted molar refractivity (Wildman–Crippen MR) is 107 cm³/mol. The van der Waals surface area contributed by atoms with Crippen LogP contribution in [0, 0.1) is 0 Å². The van der Waals surface area contributed by atoms with E-state index in [0.29, 0.717) is 6.54 Å². The van der Waals surface area contributed by atoms with E-state index in [9.17, 15) is 4.79 Å². The van der Waals surface area contributed by atoms with Crippen LogP contribution >= 0.6 is 11.3 Å². The molecule has 2 heterocycles. The highest BCUT2D eigenvalue weighted by Gasteiger charge is 2.11. The van der Waals surface area contributed by atoms with E-state index in [4.69, 9.17) is 4.74 Å². The number of para-hydroxylation sites is 1. The van der Waals surface area contributed by atoms with Gasteiger partial charge in [-0.1, -0.05) is 30.3 Å². The van der Waals surface area contributed by atoms with Gasteiger partial charge in [0, 0.05) is 29.9 Å². The van der Waals surface area contributed by atoms with E-state index in [-0.39, 0.29) is 6.03 Å². The van der Waals surface area contributed by atoms with Crippen LogP contribution < -0.4 is 15.4 Å². The maximum absolute atomic E-state index is 12.3. The number of hydrogen-bond donors (Lipinski definition) is 2. The molecule has 4 aromatic rings. The van der Waals surface area contributed by atoms with Crippen molar-refractivity contribution in [3.63, 3.8) is 0 Å². The molecule has 0 radical (unpaired) electrons. The van der Waals surface area contributed by atoms with Crippen LogP contribution in [-0.4, -0.2) is 22.5 Å². The molecule has 27 heavy (non-hydrogen) atoms. The summed E-state index contributed by atoms with van der Waals surface area (Å²) in [6.45, 7) is 0.429. The summed E-state index contributed by atoms with van der Waals surface area (Å²) in [6.07, 6.45) is 3.93. The Labute approximate surface area is 160 Å². The van der Waals surface area contributed by atoms with Gasteiger partial charge in [0.2, 0.25) is 0 Å². The second-order valence-corrected chi connectivity index (χ2v) is 6.79. The number of urea groups is 1. The summed E-state index contributed by atoms with van der Waals surface area (Å²) in [5.41, 5.74) is 3.42. The molecule has 4 rings (SSSR count). The Bertz CT molecular complexity index is 1040. The van der Waals surface area contributed by atoms with Crippen molar-refractivity contribution in [2.75, 3.05) is 12.4 Å². The van der Waals surface area contributed by atoms with Crippen LogP contribution in [0.4, 0.5) is 10.5 Å². The first-order chi connectivity index (χ1) is 13.2. The summed E-state index contributed by atoms with van der Waals surface area (Å²) in [7, 11) is 1.63. The Morgan fingerprint density at radius 3 is 2.78 bits per heavy atom. The quantitative estimate of drug-likeness (QED) is 0.541. The highest BCUT2D eigenvalue weighted by Crippen LogP contribution is 2.28. The van der Waals surface area contributed by atoms with Crippen molar-refractivity contribution in [2.24, 2.45) is 0 Å². The topological polar surface area (TPSA) is 67.7 Å². The lowest BCUT2D eigenvalue weighted by Crippen LogP contribution is -2.28. The van der Waals surface area contributed by atoms with Crippen molar-refractivity contribution in [3.8, 4) is 17.0 Å². The van der Waals surface area contributed by atoms with Gasteiger partial charge in [-0.3, -0.25) is 4.40 Å². The van der Waals surface area contributed by atoms with Gasteiger partial charge in [-0.15, -0.1) is 11.3 Å². The van der Waals surface area contributed by atoms with Gasteiger partial charge in [0.1, 0.15) is 5.75 Å². The molecule has 0 saturated heterocycles. The van der Waals surface area contributed by atoms with Gasteiger partial charge < -0.3 is 15.4 Å². The minimum absolute atomic E-state index is 0.265. The van der Waals surface area contributed by atoms with E-state index in [2.05, 4.69) is 15.6 Å². The van der Waals surface area contributed by atoms with Crippen LogP contribution in [0.1, 0.15) is 5.56 Å². The zero-order valence-electron chi connectivity index (χ0n) is 14.7. The fourth-order valence-corrected chi connectivity index (χ4v) is 3.46. The number of benzene rings is 2. The van der Waals surface area contributed by atoms with Crippen molar-refractivity contribution < 1.29 is 9.53 Å². The molecule has 0 unspecified atom stereocenters. The summed E-state index contributed by atoms with van der Waals surface area (Å²) in [4.78, 5) is 17.9. The largest absolute Gasteiger partial charge is 0.497 e. The number of nitrogens with zero attached hydrogens (tertiary/aromatic N) is 2. The molecule has 0 aliphatic carbocycles. The summed E-state index contributed by atoms with van der Waals surface area (Å²) >= 11 is 1.57. The van der Waals surface area contributed by atoms with E-state index in [0.717, 1.165) is 33.2 Å². The number of carbonyl (C=O) groups is 1. The zero-order chi connectivity index (χ0) is 18.6. The standard InChI is InChI=1S/C20H18N4O2S/c1-26-15-8-6-14(7-9-15)12-21-19(25)22-17-5-3-2-4-16(17)18-13-24-10-11-27-20(24)23-18/h2-11,13H,12H2,1H3,(H2,21,22,25). The highest BCUT2D eigenvalue weighted by molar-refractivity contribution is 7.15. The fraction of sp³-hybridized carbons (Fsp3) is 0.100. The third-order valence-corrected chi connectivity index (χ3v) is 4.93. The molecule has 7 heteroatoms. The molecule has 2 aromatic carbocycles. The molecule has 136 valence electrons. The number of rotatable bonds is 5. The van der Waals surface area contributed by atoms with Crippen LogP contribution in [-0.2, 0) is 6.54 Å².